The Balaban J connectivity index is 2.42. The van der Waals surface area contributed by atoms with Gasteiger partial charge in [0, 0.05) is 11.3 Å². The SMILES string of the molecule is COC(=O)Cc1nc(C)cc(-c2ccccc2F)n1. The zero-order chi connectivity index (χ0) is 13.8. The maximum Gasteiger partial charge on any atom is 0.313 e. The minimum atomic E-state index is -0.426. The third kappa shape index (κ3) is 3.13. The first-order valence-corrected chi connectivity index (χ1v) is 5.76. The highest BCUT2D eigenvalue weighted by Gasteiger charge is 2.11. The lowest BCUT2D eigenvalue weighted by Gasteiger charge is -2.06. The van der Waals surface area contributed by atoms with Crippen LogP contribution in [0.1, 0.15) is 11.5 Å². The Bertz CT molecular complexity index is 614. The van der Waals surface area contributed by atoms with E-state index in [0.29, 0.717) is 22.8 Å². The average Bonchev–Trinajstić information content (AvgIpc) is 2.38. The number of aryl methyl sites for hydroxylation is 1. The molecule has 0 aliphatic heterocycles. The van der Waals surface area contributed by atoms with E-state index in [1.165, 1.54) is 13.2 Å². The van der Waals surface area contributed by atoms with Gasteiger partial charge in [-0.3, -0.25) is 4.79 Å². The van der Waals surface area contributed by atoms with Crippen LogP contribution in [-0.4, -0.2) is 23.0 Å². The van der Waals surface area contributed by atoms with Gasteiger partial charge in [0.1, 0.15) is 18.1 Å². The quantitative estimate of drug-likeness (QED) is 0.795. The smallest absolute Gasteiger partial charge is 0.313 e. The molecule has 0 radical (unpaired) electrons. The predicted octanol–water partition coefficient (Wildman–Crippen LogP) is 2.31. The molecule has 0 fully saturated rings. The minimum absolute atomic E-state index is 0.0281. The van der Waals surface area contributed by atoms with Crippen LogP contribution in [0.15, 0.2) is 30.3 Å². The van der Waals surface area contributed by atoms with Gasteiger partial charge in [-0.1, -0.05) is 12.1 Å². The topological polar surface area (TPSA) is 52.1 Å². The molecule has 0 saturated carbocycles. The Hall–Kier alpha value is -2.30. The number of aromatic nitrogens is 2. The summed E-state index contributed by atoms with van der Waals surface area (Å²) in [5, 5.41) is 0. The maximum atomic E-state index is 13.7. The minimum Gasteiger partial charge on any atom is -0.469 e. The van der Waals surface area contributed by atoms with E-state index in [-0.39, 0.29) is 12.2 Å². The molecule has 0 atom stereocenters. The van der Waals surface area contributed by atoms with Gasteiger partial charge >= 0.3 is 5.97 Å². The van der Waals surface area contributed by atoms with Crippen LogP contribution in [0.25, 0.3) is 11.3 Å². The molecule has 1 aromatic carbocycles. The number of hydrogen-bond acceptors (Lipinski definition) is 4. The molecule has 19 heavy (non-hydrogen) atoms. The molecular formula is C14H13FN2O2. The van der Waals surface area contributed by atoms with E-state index >= 15 is 0 Å². The molecular weight excluding hydrogens is 247 g/mol. The van der Waals surface area contributed by atoms with Crippen molar-refractivity contribution in [3.05, 3.63) is 47.7 Å². The number of nitrogens with zero attached hydrogens (tertiary/aromatic N) is 2. The Kier molecular flexibility index (Phi) is 3.85. The van der Waals surface area contributed by atoms with Crippen molar-refractivity contribution < 1.29 is 13.9 Å². The fourth-order valence-electron chi connectivity index (χ4n) is 1.72. The van der Waals surface area contributed by atoms with E-state index < -0.39 is 5.97 Å². The summed E-state index contributed by atoms with van der Waals surface area (Å²) in [5.41, 5.74) is 1.52. The number of carbonyl (C=O) groups excluding carboxylic acids is 1. The number of esters is 1. The summed E-state index contributed by atoms with van der Waals surface area (Å²) in [5.74, 6) is -0.459. The van der Waals surface area contributed by atoms with Gasteiger partial charge in [0.25, 0.3) is 0 Å². The molecule has 1 aromatic heterocycles. The number of methoxy groups -OCH3 is 1. The van der Waals surface area contributed by atoms with Crippen molar-refractivity contribution in [2.45, 2.75) is 13.3 Å². The molecule has 0 aliphatic carbocycles. The fraction of sp³-hybridized carbons (Fsp3) is 0.214. The van der Waals surface area contributed by atoms with Crippen molar-refractivity contribution in [2.24, 2.45) is 0 Å². The van der Waals surface area contributed by atoms with E-state index in [1.807, 2.05) is 0 Å². The van der Waals surface area contributed by atoms with Crippen molar-refractivity contribution in [1.29, 1.82) is 0 Å². The first kappa shape index (κ1) is 13.1. The summed E-state index contributed by atoms with van der Waals surface area (Å²) < 4.78 is 18.3. The maximum absolute atomic E-state index is 13.7. The zero-order valence-corrected chi connectivity index (χ0v) is 10.7. The molecule has 5 heteroatoms. The van der Waals surface area contributed by atoms with E-state index in [0.717, 1.165) is 0 Å². The number of carbonyl (C=O) groups is 1. The highest BCUT2D eigenvalue weighted by molar-refractivity contribution is 5.71. The van der Waals surface area contributed by atoms with Crippen molar-refractivity contribution in [2.75, 3.05) is 7.11 Å². The molecule has 0 N–H and O–H groups in total. The van der Waals surface area contributed by atoms with Gasteiger partial charge < -0.3 is 4.74 Å². The Morgan fingerprint density at radius 2 is 2.05 bits per heavy atom. The lowest BCUT2D eigenvalue weighted by atomic mass is 10.1. The number of benzene rings is 1. The molecule has 0 amide bonds. The normalized spacial score (nSPS) is 10.3. The van der Waals surface area contributed by atoms with Gasteiger partial charge in [-0.05, 0) is 25.1 Å². The predicted molar refractivity (Wildman–Crippen MR) is 67.9 cm³/mol. The molecule has 0 bridgehead atoms. The molecule has 4 nitrogen and oxygen atoms in total. The largest absolute Gasteiger partial charge is 0.469 e. The summed E-state index contributed by atoms with van der Waals surface area (Å²) >= 11 is 0. The summed E-state index contributed by atoms with van der Waals surface area (Å²) in [6.45, 7) is 1.77. The van der Waals surface area contributed by atoms with Crippen molar-refractivity contribution in [3.63, 3.8) is 0 Å². The molecule has 1 heterocycles. The fourth-order valence-corrected chi connectivity index (χ4v) is 1.72. The number of halogens is 1. The second-order valence-electron chi connectivity index (χ2n) is 4.04. The van der Waals surface area contributed by atoms with Crippen molar-refractivity contribution >= 4 is 5.97 Å². The van der Waals surface area contributed by atoms with Crippen LogP contribution >= 0.6 is 0 Å². The van der Waals surface area contributed by atoms with E-state index in [2.05, 4.69) is 14.7 Å². The summed E-state index contributed by atoms with van der Waals surface area (Å²) in [6, 6.07) is 8.03. The van der Waals surface area contributed by atoms with Crippen LogP contribution in [0.5, 0.6) is 0 Å². The van der Waals surface area contributed by atoms with Crippen LogP contribution in [0, 0.1) is 12.7 Å². The average molecular weight is 260 g/mol. The third-order valence-corrected chi connectivity index (χ3v) is 2.58. The molecule has 0 saturated heterocycles. The summed E-state index contributed by atoms with van der Waals surface area (Å²) in [4.78, 5) is 19.6. The molecule has 98 valence electrons. The third-order valence-electron chi connectivity index (χ3n) is 2.58. The van der Waals surface area contributed by atoms with E-state index in [9.17, 15) is 9.18 Å². The van der Waals surface area contributed by atoms with Crippen LogP contribution in [0.4, 0.5) is 4.39 Å². The van der Waals surface area contributed by atoms with Crippen LogP contribution in [0.2, 0.25) is 0 Å². The first-order chi connectivity index (χ1) is 9.10. The number of rotatable bonds is 3. The molecule has 0 unspecified atom stereocenters. The summed E-state index contributed by atoms with van der Waals surface area (Å²) in [6.07, 6.45) is -0.0281. The monoisotopic (exact) mass is 260 g/mol. The molecule has 0 aliphatic rings. The Labute approximate surface area is 110 Å². The van der Waals surface area contributed by atoms with Gasteiger partial charge in [0.15, 0.2) is 0 Å². The number of ether oxygens (including phenoxy) is 1. The second kappa shape index (κ2) is 5.56. The first-order valence-electron chi connectivity index (χ1n) is 5.76. The standard InChI is InChI=1S/C14H13FN2O2/c1-9-7-12(10-5-3-4-6-11(10)15)17-13(16-9)8-14(18)19-2/h3-7H,8H2,1-2H3. The van der Waals surface area contributed by atoms with E-state index in [1.54, 1.807) is 31.2 Å². The Morgan fingerprint density at radius 1 is 1.32 bits per heavy atom. The molecule has 2 rings (SSSR count). The van der Waals surface area contributed by atoms with Gasteiger partial charge in [0.05, 0.1) is 12.8 Å². The van der Waals surface area contributed by atoms with Crippen LogP contribution in [0.3, 0.4) is 0 Å². The lowest BCUT2D eigenvalue weighted by molar-refractivity contribution is -0.139. The highest BCUT2D eigenvalue weighted by Crippen LogP contribution is 2.21. The van der Waals surface area contributed by atoms with Crippen molar-refractivity contribution in [3.8, 4) is 11.3 Å². The van der Waals surface area contributed by atoms with Crippen molar-refractivity contribution in [1.82, 2.24) is 9.97 Å². The highest BCUT2D eigenvalue weighted by atomic mass is 19.1. The van der Waals surface area contributed by atoms with E-state index in [4.69, 9.17) is 0 Å². The summed E-state index contributed by atoms with van der Waals surface area (Å²) in [7, 11) is 1.30. The zero-order valence-electron chi connectivity index (χ0n) is 10.7. The van der Waals surface area contributed by atoms with Gasteiger partial charge in [-0.2, -0.15) is 0 Å². The molecule has 0 spiro atoms. The number of hydrogen-bond donors (Lipinski definition) is 0. The lowest BCUT2D eigenvalue weighted by Crippen LogP contribution is -2.09. The van der Waals surface area contributed by atoms with Gasteiger partial charge in [0.2, 0.25) is 0 Å². The van der Waals surface area contributed by atoms with Gasteiger partial charge in [-0.25, -0.2) is 14.4 Å². The second-order valence-corrected chi connectivity index (χ2v) is 4.04. The van der Waals surface area contributed by atoms with Gasteiger partial charge in [-0.15, -0.1) is 0 Å². The molecule has 2 aromatic rings. The Morgan fingerprint density at radius 3 is 2.74 bits per heavy atom. The van der Waals surface area contributed by atoms with Crippen LogP contribution < -0.4 is 0 Å². The van der Waals surface area contributed by atoms with Crippen LogP contribution in [-0.2, 0) is 16.0 Å².